The van der Waals surface area contributed by atoms with Gasteiger partial charge in [-0.3, -0.25) is 14.5 Å². The van der Waals surface area contributed by atoms with Gasteiger partial charge in [0, 0.05) is 18.0 Å². The van der Waals surface area contributed by atoms with E-state index in [4.69, 9.17) is 4.98 Å². The van der Waals surface area contributed by atoms with Crippen molar-refractivity contribution < 1.29 is 13.6 Å². The summed E-state index contributed by atoms with van der Waals surface area (Å²) < 4.78 is 30.6. The second-order valence-electron chi connectivity index (χ2n) is 10.3. The Morgan fingerprint density at radius 1 is 1.11 bits per heavy atom. The maximum absolute atomic E-state index is 14.5. The molecule has 7 nitrogen and oxygen atoms in total. The fraction of sp³-hybridized carbons (Fsp3) is 0.333. The highest BCUT2D eigenvalue weighted by atomic mass is 19.1. The summed E-state index contributed by atoms with van der Waals surface area (Å²) in [6.45, 7) is 6.09. The fourth-order valence-electron chi connectivity index (χ4n) is 6.28. The molecule has 3 aromatic heterocycles. The molecule has 1 fully saturated rings. The van der Waals surface area contributed by atoms with Crippen LogP contribution in [0.25, 0.3) is 22.5 Å². The van der Waals surface area contributed by atoms with Gasteiger partial charge < -0.3 is 0 Å². The van der Waals surface area contributed by atoms with Crippen LogP contribution in [0.1, 0.15) is 56.5 Å². The summed E-state index contributed by atoms with van der Waals surface area (Å²) in [6, 6.07) is 5.58. The van der Waals surface area contributed by atoms with Crippen molar-refractivity contribution in [2.24, 2.45) is 5.41 Å². The van der Waals surface area contributed by atoms with Crippen LogP contribution >= 0.6 is 0 Å². The number of aromatic nitrogens is 6. The number of ketones is 1. The average molecular weight is 487 g/mol. The van der Waals surface area contributed by atoms with Gasteiger partial charge in [0.2, 0.25) is 0 Å². The van der Waals surface area contributed by atoms with Gasteiger partial charge in [-0.05, 0) is 54.9 Å². The third kappa shape index (κ3) is 3.08. The van der Waals surface area contributed by atoms with Crippen molar-refractivity contribution >= 4 is 5.78 Å². The number of hydrogen-bond acceptors (Lipinski definition) is 6. The average Bonchev–Trinajstić information content (AvgIpc) is 3.46. The Hall–Kier alpha value is -3.88. The molecule has 9 heteroatoms. The molecular formula is C27H24F2N6O. The van der Waals surface area contributed by atoms with E-state index in [-0.39, 0.29) is 34.9 Å². The number of benzene rings is 1. The first kappa shape index (κ1) is 22.6. The Morgan fingerprint density at radius 2 is 1.89 bits per heavy atom. The zero-order valence-corrected chi connectivity index (χ0v) is 20.2. The van der Waals surface area contributed by atoms with E-state index in [9.17, 15) is 13.6 Å². The molecule has 0 radical (unpaired) electrons. The van der Waals surface area contributed by atoms with Crippen molar-refractivity contribution in [3.05, 3.63) is 77.6 Å². The van der Waals surface area contributed by atoms with Crippen LogP contribution in [0.3, 0.4) is 0 Å². The summed E-state index contributed by atoms with van der Waals surface area (Å²) in [4.78, 5) is 21.0. The van der Waals surface area contributed by atoms with Gasteiger partial charge in [0.05, 0.1) is 52.7 Å². The molecule has 0 spiro atoms. The zero-order chi connectivity index (χ0) is 25.2. The number of carbonyl (C=O) groups is 1. The lowest BCUT2D eigenvalue weighted by Gasteiger charge is -2.37. The maximum Gasteiger partial charge on any atom is 0.151 e. The molecule has 1 saturated carbocycles. The SMILES string of the molecule is CC(=O)Cn1cc(-c2cncc([C@@]34CC[C@@H](c5cc(-c6c(F)cccc6F)nnc53)C4(C)C)n2)cn1. The Morgan fingerprint density at radius 3 is 2.64 bits per heavy atom. The molecule has 182 valence electrons. The van der Waals surface area contributed by atoms with Crippen LogP contribution in [0.2, 0.25) is 0 Å². The minimum atomic E-state index is -0.662. The number of Topliss-reactive ketones (excluding diaryl/α,β-unsaturated/α-hetero) is 1. The maximum atomic E-state index is 14.5. The van der Waals surface area contributed by atoms with Crippen LogP contribution < -0.4 is 0 Å². The first-order valence-electron chi connectivity index (χ1n) is 11.9. The number of nitrogens with zero attached hydrogens (tertiary/aromatic N) is 6. The first-order valence-corrected chi connectivity index (χ1v) is 11.9. The normalized spacial score (nSPS) is 21.5. The van der Waals surface area contributed by atoms with E-state index in [2.05, 4.69) is 34.1 Å². The second kappa shape index (κ2) is 7.81. The van der Waals surface area contributed by atoms with E-state index in [1.54, 1.807) is 35.5 Å². The van der Waals surface area contributed by atoms with Gasteiger partial charge >= 0.3 is 0 Å². The van der Waals surface area contributed by atoms with Crippen LogP contribution in [0, 0.1) is 17.0 Å². The first-order chi connectivity index (χ1) is 17.2. The Labute approximate surface area is 206 Å². The molecule has 0 saturated heterocycles. The van der Waals surface area contributed by atoms with E-state index < -0.39 is 17.0 Å². The third-order valence-corrected chi connectivity index (χ3v) is 7.99. The standard InChI is InChI=1S/C27H24F2N6O/c1-15(36)13-35-14-16(10-31-35)22-11-30-12-23(32-22)27-8-7-18(26(27,2)3)17-9-21(33-34-25(17)27)24-19(28)5-4-6-20(24)29/h4-6,9-12,14,18H,7-8,13H2,1-3H3/t18-,27-/m0/s1. The fourth-order valence-corrected chi connectivity index (χ4v) is 6.28. The van der Waals surface area contributed by atoms with Gasteiger partial charge in [-0.2, -0.15) is 10.2 Å². The molecule has 0 unspecified atom stereocenters. The number of halogens is 2. The molecule has 2 aliphatic rings. The Balaban J connectivity index is 1.46. The van der Waals surface area contributed by atoms with E-state index in [1.165, 1.54) is 25.1 Å². The molecule has 0 amide bonds. The van der Waals surface area contributed by atoms with Crippen LogP contribution in [0.15, 0.2) is 49.1 Å². The van der Waals surface area contributed by atoms with E-state index in [0.717, 1.165) is 35.4 Å². The number of hydrogen-bond donors (Lipinski definition) is 0. The predicted molar refractivity (Wildman–Crippen MR) is 128 cm³/mol. The van der Waals surface area contributed by atoms with Crippen molar-refractivity contribution in [3.63, 3.8) is 0 Å². The number of fused-ring (bicyclic) bond motifs is 5. The minimum absolute atomic E-state index is 0.0119. The largest absolute Gasteiger partial charge is 0.298 e. The van der Waals surface area contributed by atoms with Crippen molar-refractivity contribution in [2.45, 2.75) is 51.5 Å². The third-order valence-electron chi connectivity index (χ3n) is 7.99. The number of carbonyl (C=O) groups excluding carboxylic acids is 1. The van der Waals surface area contributed by atoms with E-state index in [1.807, 2.05) is 0 Å². The highest BCUT2D eigenvalue weighted by molar-refractivity contribution is 5.75. The topological polar surface area (TPSA) is 86.5 Å². The molecule has 1 aromatic carbocycles. The Kier molecular flexibility index (Phi) is 4.90. The lowest BCUT2D eigenvalue weighted by atomic mass is 9.66. The van der Waals surface area contributed by atoms with Crippen molar-refractivity contribution in [3.8, 4) is 22.5 Å². The molecule has 6 rings (SSSR count). The zero-order valence-electron chi connectivity index (χ0n) is 20.2. The quantitative estimate of drug-likeness (QED) is 0.400. The molecule has 36 heavy (non-hydrogen) atoms. The molecule has 2 atom stereocenters. The lowest BCUT2D eigenvalue weighted by Crippen LogP contribution is -2.38. The van der Waals surface area contributed by atoms with Crippen molar-refractivity contribution in [1.82, 2.24) is 29.9 Å². The van der Waals surface area contributed by atoms with Crippen LogP contribution in [0.4, 0.5) is 8.78 Å². The highest BCUT2D eigenvalue weighted by Gasteiger charge is 2.65. The van der Waals surface area contributed by atoms with E-state index in [0.29, 0.717) is 5.69 Å². The molecular weight excluding hydrogens is 462 g/mol. The van der Waals surface area contributed by atoms with Gasteiger partial charge in [-0.15, -0.1) is 5.10 Å². The summed E-state index contributed by atoms with van der Waals surface area (Å²) in [5.41, 5.74) is 3.19. The summed E-state index contributed by atoms with van der Waals surface area (Å²) in [7, 11) is 0. The molecule has 2 aliphatic carbocycles. The van der Waals surface area contributed by atoms with Gasteiger partial charge in [-0.1, -0.05) is 19.9 Å². The second-order valence-corrected chi connectivity index (χ2v) is 10.3. The molecule has 3 heterocycles. The Bertz CT molecular complexity index is 1510. The van der Waals surface area contributed by atoms with Gasteiger partial charge in [-0.25, -0.2) is 13.8 Å². The summed E-state index contributed by atoms with van der Waals surface area (Å²) in [5, 5.41) is 13.1. The molecule has 2 bridgehead atoms. The molecule has 0 aliphatic heterocycles. The van der Waals surface area contributed by atoms with E-state index >= 15 is 0 Å². The lowest BCUT2D eigenvalue weighted by molar-refractivity contribution is -0.117. The summed E-state index contributed by atoms with van der Waals surface area (Å²) in [6.07, 6.45) is 8.63. The molecule has 4 aromatic rings. The minimum Gasteiger partial charge on any atom is -0.298 e. The van der Waals surface area contributed by atoms with Crippen LogP contribution in [-0.2, 0) is 16.8 Å². The van der Waals surface area contributed by atoms with Crippen molar-refractivity contribution in [1.29, 1.82) is 0 Å². The smallest absolute Gasteiger partial charge is 0.151 e. The summed E-state index contributed by atoms with van der Waals surface area (Å²) in [5.74, 6) is -1.17. The molecule has 0 N–H and O–H groups in total. The monoisotopic (exact) mass is 486 g/mol. The van der Waals surface area contributed by atoms with Crippen molar-refractivity contribution in [2.75, 3.05) is 0 Å². The highest BCUT2D eigenvalue weighted by Crippen LogP contribution is 2.69. The number of rotatable bonds is 5. The van der Waals surface area contributed by atoms with Crippen LogP contribution in [-0.4, -0.2) is 35.7 Å². The van der Waals surface area contributed by atoms with Gasteiger partial charge in [0.15, 0.2) is 5.78 Å². The van der Waals surface area contributed by atoms with Gasteiger partial charge in [0.1, 0.15) is 11.6 Å². The summed E-state index contributed by atoms with van der Waals surface area (Å²) >= 11 is 0. The predicted octanol–water partition coefficient (Wildman–Crippen LogP) is 4.87. The van der Waals surface area contributed by atoms with Gasteiger partial charge in [0.25, 0.3) is 0 Å². The van der Waals surface area contributed by atoms with Crippen LogP contribution in [0.5, 0.6) is 0 Å².